The molecule has 96 valence electrons. The van der Waals surface area contributed by atoms with Crippen LogP contribution in [0, 0.1) is 11.8 Å². The van der Waals surface area contributed by atoms with Crippen molar-refractivity contribution in [2.75, 3.05) is 5.75 Å². The second-order valence-corrected chi connectivity index (χ2v) is 6.84. The number of hydrogen-bond donors (Lipinski definition) is 1. The fourth-order valence-corrected chi connectivity index (χ4v) is 3.54. The molecule has 0 heterocycles. The van der Waals surface area contributed by atoms with Gasteiger partial charge in [-0.15, -0.1) is 0 Å². The molecule has 1 atom stereocenters. The first-order valence-corrected chi connectivity index (χ1v) is 8.25. The van der Waals surface area contributed by atoms with Gasteiger partial charge in [0.2, 0.25) is 10.0 Å². The van der Waals surface area contributed by atoms with Crippen LogP contribution in [0.25, 0.3) is 0 Å². The molecule has 1 unspecified atom stereocenters. The molecule has 3 nitrogen and oxygen atoms in total. The highest BCUT2D eigenvalue weighted by molar-refractivity contribution is 7.89. The molecule has 0 radical (unpaired) electrons. The minimum Gasteiger partial charge on any atom is -0.229 e. The molecular weight excluding hydrogens is 222 g/mol. The predicted octanol–water partition coefficient (Wildman–Crippen LogP) is 2.66. The van der Waals surface area contributed by atoms with Gasteiger partial charge in [-0.3, -0.25) is 0 Å². The summed E-state index contributed by atoms with van der Waals surface area (Å²) in [6, 6.07) is 0. The lowest BCUT2D eigenvalue weighted by molar-refractivity contribution is 0.229. The smallest absolute Gasteiger partial charge is 0.209 e. The third-order valence-corrected chi connectivity index (χ3v) is 4.55. The van der Waals surface area contributed by atoms with E-state index >= 15 is 0 Å². The minimum atomic E-state index is -3.28. The lowest BCUT2D eigenvalue weighted by Crippen LogP contribution is -2.24. The van der Waals surface area contributed by atoms with E-state index in [1.807, 2.05) is 0 Å². The van der Waals surface area contributed by atoms with Gasteiger partial charge in [0.1, 0.15) is 0 Å². The van der Waals surface area contributed by atoms with Gasteiger partial charge in [0.05, 0.1) is 5.75 Å². The van der Waals surface area contributed by atoms with Crippen molar-refractivity contribution in [2.45, 2.75) is 58.3 Å². The highest BCUT2D eigenvalue weighted by Crippen LogP contribution is 2.34. The maximum absolute atomic E-state index is 11.0. The van der Waals surface area contributed by atoms with Gasteiger partial charge in [-0.05, 0) is 18.3 Å². The molecule has 0 saturated heterocycles. The number of sulfonamides is 1. The van der Waals surface area contributed by atoms with Crippen LogP contribution in [0.4, 0.5) is 0 Å². The van der Waals surface area contributed by atoms with Gasteiger partial charge in [-0.25, -0.2) is 13.6 Å². The third-order valence-electron chi connectivity index (χ3n) is 3.75. The van der Waals surface area contributed by atoms with Gasteiger partial charge in [-0.1, -0.05) is 51.9 Å². The van der Waals surface area contributed by atoms with Gasteiger partial charge in [0, 0.05) is 0 Å². The molecular formula is C12H25NO2S. The molecule has 0 aromatic rings. The SMILES string of the molecule is CCCC(CCS(N)(=O)=O)C1CCCCC1. The molecule has 0 aromatic heterocycles. The first-order chi connectivity index (χ1) is 7.53. The van der Waals surface area contributed by atoms with Crippen LogP contribution < -0.4 is 5.14 Å². The maximum atomic E-state index is 11.0. The van der Waals surface area contributed by atoms with E-state index in [0.717, 1.165) is 25.2 Å². The van der Waals surface area contributed by atoms with Crippen molar-refractivity contribution in [2.24, 2.45) is 17.0 Å². The third kappa shape index (κ3) is 5.30. The molecule has 2 N–H and O–H groups in total. The summed E-state index contributed by atoms with van der Waals surface area (Å²) in [4.78, 5) is 0. The van der Waals surface area contributed by atoms with Crippen molar-refractivity contribution in [3.63, 3.8) is 0 Å². The molecule has 1 rings (SSSR count). The number of hydrogen-bond acceptors (Lipinski definition) is 2. The quantitative estimate of drug-likeness (QED) is 0.784. The molecule has 0 spiro atoms. The Bertz CT molecular complexity index is 281. The van der Waals surface area contributed by atoms with Crippen LogP contribution >= 0.6 is 0 Å². The van der Waals surface area contributed by atoms with E-state index in [-0.39, 0.29) is 5.75 Å². The first-order valence-electron chi connectivity index (χ1n) is 6.53. The average molecular weight is 247 g/mol. The summed E-state index contributed by atoms with van der Waals surface area (Å²) in [6.45, 7) is 2.17. The lowest BCUT2D eigenvalue weighted by atomic mass is 9.77. The molecule has 0 aliphatic heterocycles. The Morgan fingerprint density at radius 3 is 2.31 bits per heavy atom. The van der Waals surface area contributed by atoms with E-state index in [2.05, 4.69) is 6.92 Å². The van der Waals surface area contributed by atoms with Crippen LogP contribution in [0.5, 0.6) is 0 Å². The Morgan fingerprint density at radius 2 is 1.81 bits per heavy atom. The fourth-order valence-electron chi connectivity index (χ4n) is 2.91. The van der Waals surface area contributed by atoms with Crippen molar-refractivity contribution in [3.8, 4) is 0 Å². The largest absolute Gasteiger partial charge is 0.229 e. The number of primary sulfonamides is 1. The van der Waals surface area contributed by atoms with Gasteiger partial charge in [-0.2, -0.15) is 0 Å². The maximum Gasteiger partial charge on any atom is 0.209 e. The standard InChI is InChI=1S/C12H25NO2S/c1-2-6-11(9-10-16(13,14)15)12-7-4-3-5-8-12/h11-12H,2-10H2,1H3,(H2,13,14,15). The number of rotatable bonds is 6. The van der Waals surface area contributed by atoms with Gasteiger partial charge < -0.3 is 0 Å². The van der Waals surface area contributed by atoms with Crippen LogP contribution in [-0.2, 0) is 10.0 Å². The van der Waals surface area contributed by atoms with Crippen molar-refractivity contribution in [1.29, 1.82) is 0 Å². The Hall–Kier alpha value is -0.0900. The Kier molecular flexibility index (Phi) is 5.76. The van der Waals surface area contributed by atoms with Crippen LogP contribution in [0.15, 0.2) is 0 Å². The zero-order valence-electron chi connectivity index (χ0n) is 10.3. The summed E-state index contributed by atoms with van der Waals surface area (Å²) in [7, 11) is -3.28. The Labute approximate surface area is 99.8 Å². The predicted molar refractivity (Wildman–Crippen MR) is 67.6 cm³/mol. The Morgan fingerprint density at radius 1 is 1.19 bits per heavy atom. The summed E-state index contributed by atoms with van der Waals surface area (Å²) >= 11 is 0. The van der Waals surface area contributed by atoms with Crippen LogP contribution in [0.3, 0.4) is 0 Å². The van der Waals surface area contributed by atoms with Gasteiger partial charge in [0.15, 0.2) is 0 Å². The van der Waals surface area contributed by atoms with Crippen molar-refractivity contribution in [3.05, 3.63) is 0 Å². The van der Waals surface area contributed by atoms with E-state index < -0.39 is 10.0 Å². The molecule has 4 heteroatoms. The molecule has 1 aliphatic rings. The first kappa shape index (κ1) is 14.0. The monoisotopic (exact) mass is 247 g/mol. The van der Waals surface area contributed by atoms with Crippen molar-refractivity contribution in [1.82, 2.24) is 0 Å². The van der Waals surface area contributed by atoms with Crippen molar-refractivity contribution >= 4 is 10.0 Å². The summed E-state index contributed by atoms with van der Waals surface area (Å²) in [5, 5.41) is 5.08. The summed E-state index contributed by atoms with van der Waals surface area (Å²) < 4.78 is 22.0. The van der Waals surface area contributed by atoms with Crippen molar-refractivity contribution < 1.29 is 8.42 Å². The van der Waals surface area contributed by atoms with E-state index in [9.17, 15) is 8.42 Å². The molecule has 0 bridgehead atoms. The van der Waals surface area contributed by atoms with Crippen LogP contribution in [0.2, 0.25) is 0 Å². The summed E-state index contributed by atoms with van der Waals surface area (Å²) in [6.07, 6.45) is 9.62. The summed E-state index contributed by atoms with van der Waals surface area (Å²) in [5.74, 6) is 1.48. The van der Waals surface area contributed by atoms with E-state index in [0.29, 0.717) is 5.92 Å². The van der Waals surface area contributed by atoms with E-state index in [1.165, 1.54) is 32.1 Å². The zero-order valence-corrected chi connectivity index (χ0v) is 11.1. The topological polar surface area (TPSA) is 60.2 Å². The van der Waals surface area contributed by atoms with Crippen LogP contribution in [0.1, 0.15) is 58.3 Å². The van der Waals surface area contributed by atoms with Gasteiger partial charge >= 0.3 is 0 Å². The molecule has 1 fully saturated rings. The summed E-state index contributed by atoms with van der Waals surface area (Å²) in [5.41, 5.74) is 0. The highest BCUT2D eigenvalue weighted by atomic mass is 32.2. The fraction of sp³-hybridized carbons (Fsp3) is 1.00. The normalized spacial score (nSPS) is 20.9. The number of nitrogens with two attached hydrogens (primary N) is 1. The van der Waals surface area contributed by atoms with E-state index in [4.69, 9.17) is 5.14 Å². The molecule has 0 amide bonds. The molecule has 16 heavy (non-hydrogen) atoms. The highest BCUT2D eigenvalue weighted by Gasteiger charge is 2.23. The van der Waals surface area contributed by atoms with E-state index in [1.54, 1.807) is 0 Å². The zero-order chi connectivity index (χ0) is 12.0. The van der Waals surface area contributed by atoms with Crippen LogP contribution in [-0.4, -0.2) is 14.2 Å². The molecule has 1 saturated carbocycles. The molecule has 1 aliphatic carbocycles. The van der Waals surface area contributed by atoms with Gasteiger partial charge in [0.25, 0.3) is 0 Å². The average Bonchev–Trinajstić information content (AvgIpc) is 2.24. The Balaban J connectivity index is 2.45. The molecule has 0 aromatic carbocycles. The lowest BCUT2D eigenvalue weighted by Gasteiger charge is -2.30. The second-order valence-electron chi connectivity index (χ2n) is 5.10. The minimum absolute atomic E-state index is 0.161. The second kappa shape index (κ2) is 6.60.